The van der Waals surface area contributed by atoms with Crippen LogP contribution in [0.15, 0.2) is 27.5 Å². The minimum atomic E-state index is 0.359. The normalized spacial score (nSPS) is 14.7. The monoisotopic (exact) mass is 269 g/mol. The zero-order valence-electron chi connectivity index (χ0n) is 10.8. The molecule has 0 aromatic carbocycles. The third-order valence-corrected chi connectivity index (χ3v) is 3.20. The quantitative estimate of drug-likeness (QED) is 0.720. The van der Waals surface area contributed by atoms with Crippen LogP contribution in [0.4, 0.5) is 0 Å². The maximum atomic E-state index is 5.41. The molecule has 4 rings (SSSR count). The number of hydrogen-bond donors (Lipinski definition) is 0. The van der Waals surface area contributed by atoms with Crippen molar-refractivity contribution in [2.75, 3.05) is 0 Å². The van der Waals surface area contributed by atoms with E-state index in [1.165, 1.54) is 6.39 Å². The van der Waals surface area contributed by atoms with E-state index in [0.29, 0.717) is 29.0 Å². The predicted octanol–water partition coefficient (Wildman–Crippen LogP) is 2.37. The molecule has 1 aliphatic rings. The van der Waals surface area contributed by atoms with E-state index in [1.54, 1.807) is 0 Å². The van der Waals surface area contributed by atoms with Crippen LogP contribution >= 0.6 is 0 Å². The van der Waals surface area contributed by atoms with Crippen LogP contribution in [0.5, 0.6) is 0 Å². The van der Waals surface area contributed by atoms with Crippen LogP contribution in [-0.4, -0.2) is 25.3 Å². The molecule has 3 aromatic rings. The van der Waals surface area contributed by atoms with Gasteiger partial charge >= 0.3 is 0 Å². The number of nitrogens with zero attached hydrogens (tertiary/aromatic N) is 5. The lowest BCUT2D eigenvalue weighted by Crippen LogP contribution is -1.91. The van der Waals surface area contributed by atoms with E-state index in [1.807, 2.05) is 19.1 Å². The summed E-state index contributed by atoms with van der Waals surface area (Å²) in [6.45, 7) is 1.87. The molecular formula is C13H11N5O2. The molecule has 0 radical (unpaired) electrons. The van der Waals surface area contributed by atoms with Gasteiger partial charge in [-0.05, 0) is 31.9 Å². The van der Waals surface area contributed by atoms with Gasteiger partial charge in [-0.1, -0.05) is 5.16 Å². The van der Waals surface area contributed by atoms with Crippen LogP contribution < -0.4 is 0 Å². The summed E-state index contributed by atoms with van der Waals surface area (Å²) in [6.07, 6.45) is 3.65. The Hall–Kier alpha value is -2.57. The summed E-state index contributed by atoms with van der Waals surface area (Å²) in [4.78, 5) is 8.49. The van der Waals surface area contributed by atoms with Crippen LogP contribution in [0.25, 0.3) is 23.1 Å². The van der Waals surface area contributed by atoms with Crippen molar-refractivity contribution in [2.24, 2.45) is 0 Å². The van der Waals surface area contributed by atoms with Gasteiger partial charge in [0.2, 0.25) is 5.82 Å². The first-order valence-electron chi connectivity index (χ1n) is 6.39. The molecule has 3 aromatic heterocycles. The molecule has 0 N–H and O–H groups in total. The van der Waals surface area contributed by atoms with Crippen molar-refractivity contribution in [3.63, 3.8) is 0 Å². The number of hydrogen-bond acceptors (Lipinski definition) is 7. The van der Waals surface area contributed by atoms with Gasteiger partial charge in [0.05, 0.1) is 5.69 Å². The van der Waals surface area contributed by atoms with Crippen LogP contribution in [0, 0.1) is 6.92 Å². The molecule has 0 unspecified atom stereocenters. The van der Waals surface area contributed by atoms with Crippen LogP contribution in [0.3, 0.4) is 0 Å². The molecule has 0 atom stereocenters. The summed E-state index contributed by atoms with van der Waals surface area (Å²) in [6, 6.07) is 3.66. The van der Waals surface area contributed by atoms with Gasteiger partial charge in [0.15, 0.2) is 12.1 Å². The first-order valence-corrected chi connectivity index (χ1v) is 6.39. The van der Waals surface area contributed by atoms with Gasteiger partial charge in [0, 0.05) is 5.92 Å². The summed E-state index contributed by atoms with van der Waals surface area (Å²) in [5.41, 5.74) is 2.04. The first kappa shape index (κ1) is 11.3. The molecule has 0 saturated heterocycles. The van der Waals surface area contributed by atoms with Crippen LogP contribution in [-0.2, 0) is 0 Å². The molecule has 1 aliphatic carbocycles. The fraction of sp³-hybridized carbons (Fsp3) is 0.308. The topological polar surface area (TPSA) is 90.7 Å². The van der Waals surface area contributed by atoms with E-state index in [0.717, 1.165) is 24.3 Å². The van der Waals surface area contributed by atoms with Gasteiger partial charge in [-0.3, -0.25) is 0 Å². The highest BCUT2D eigenvalue weighted by Gasteiger charge is 2.32. The molecule has 100 valence electrons. The van der Waals surface area contributed by atoms with Crippen molar-refractivity contribution in [1.29, 1.82) is 0 Å². The molecule has 1 fully saturated rings. The number of oxazole rings is 1. The van der Waals surface area contributed by atoms with Crippen LogP contribution in [0.2, 0.25) is 0 Å². The van der Waals surface area contributed by atoms with Crippen molar-refractivity contribution in [2.45, 2.75) is 25.7 Å². The lowest BCUT2D eigenvalue weighted by Gasteiger charge is -1.92. The average Bonchev–Trinajstić information content (AvgIpc) is 3.01. The van der Waals surface area contributed by atoms with E-state index in [9.17, 15) is 0 Å². The molecule has 0 bridgehead atoms. The molecule has 3 heterocycles. The molecule has 20 heavy (non-hydrogen) atoms. The Morgan fingerprint density at radius 3 is 2.85 bits per heavy atom. The van der Waals surface area contributed by atoms with Gasteiger partial charge < -0.3 is 8.94 Å². The molecule has 7 heteroatoms. The standard InChI is InChI=1S/C13H11N5O2/c1-7-2-5-9(17-16-7)12-15-13(20-18-12)10-11(8-3-4-8)19-6-14-10/h2,5-6,8H,3-4H2,1H3. The fourth-order valence-electron chi connectivity index (χ4n) is 1.99. The van der Waals surface area contributed by atoms with Gasteiger partial charge in [0.1, 0.15) is 11.5 Å². The number of rotatable bonds is 3. The number of aryl methyl sites for hydroxylation is 1. The average molecular weight is 269 g/mol. The van der Waals surface area contributed by atoms with Crippen molar-refractivity contribution in [3.8, 4) is 23.1 Å². The highest BCUT2D eigenvalue weighted by atomic mass is 16.5. The predicted molar refractivity (Wildman–Crippen MR) is 67.5 cm³/mol. The van der Waals surface area contributed by atoms with E-state index >= 15 is 0 Å². The second-order valence-electron chi connectivity index (χ2n) is 4.82. The number of aromatic nitrogens is 5. The van der Waals surface area contributed by atoms with E-state index in [-0.39, 0.29) is 0 Å². The van der Waals surface area contributed by atoms with Crippen molar-refractivity contribution in [1.82, 2.24) is 25.3 Å². The minimum absolute atomic E-state index is 0.359. The third-order valence-electron chi connectivity index (χ3n) is 3.20. The van der Waals surface area contributed by atoms with E-state index in [2.05, 4.69) is 25.3 Å². The van der Waals surface area contributed by atoms with Crippen molar-refractivity contribution < 1.29 is 8.94 Å². The molecule has 0 aliphatic heterocycles. The highest BCUT2D eigenvalue weighted by Crippen LogP contribution is 2.43. The SMILES string of the molecule is Cc1ccc(-c2noc(-c3ncoc3C3CC3)n2)nn1. The van der Waals surface area contributed by atoms with Gasteiger partial charge in [0.25, 0.3) is 5.89 Å². The lowest BCUT2D eigenvalue weighted by molar-refractivity contribution is 0.429. The Labute approximate surface area is 114 Å². The maximum absolute atomic E-state index is 5.41. The van der Waals surface area contributed by atoms with Gasteiger partial charge in [-0.2, -0.15) is 10.1 Å². The second-order valence-corrected chi connectivity index (χ2v) is 4.82. The summed E-state index contributed by atoms with van der Waals surface area (Å²) in [5, 5.41) is 11.9. The smallest absolute Gasteiger partial charge is 0.280 e. The Morgan fingerprint density at radius 1 is 1.20 bits per heavy atom. The summed E-state index contributed by atoms with van der Waals surface area (Å²) < 4.78 is 10.7. The zero-order chi connectivity index (χ0) is 13.5. The van der Waals surface area contributed by atoms with E-state index < -0.39 is 0 Å². The van der Waals surface area contributed by atoms with Gasteiger partial charge in [-0.15, -0.1) is 5.10 Å². The second kappa shape index (κ2) is 4.22. The summed E-state index contributed by atoms with van der Waals surface area (Å²) >= 11 is 0. The zero-order valence-corrected chi connectivity index (χ0v) is 10.8. The van der Waals surface area contributed by atoms with E-state index in [4.69, 9.17) is 8.94 Å². The van der Waals surface area contributed by atoms with Gasteiger partial charge in [-0.25, -0.2) is 4.98 Å². The summed E-state index contributed by atoms with van der Waals surface area (Å²) in [7, 11) is 0. The largest absolute Gasteiger partial charge is 0.447 e. The Bertz CT molecular complexity index is 742. The van der Waals surface area contributed by atoms with Crippen molar-refractivity contribution in [3.05, 3.63) is 30.0 Å². The molecule has 1 saturated carbocycles. The Kier molecular flexibility index (Phi) is 2.38. The highest BCUT2D eigenvalue weighted by molar-refractivity contribution is 5.56. The van der Waals surface area contributed by atoms with Crippen molar-refractivity contribution >= 4 is 0 Å². The summed E-state index contributed by atoms with van der Waals surface area (Å²) in [5.74, 6) is 2.02. The third kappa shape index (κ3) is 1.87. The van der Waals surface area contributed by atoms with Crippen LogP contribution in [0.1, 0.15) is 30.2 Å². The molecular weight excluding hydrogens is 258 g/mol. The Morgan fingerprint density at radius 2 is 2.10 bits per heavy atom. The molecule has 7 nitrogen and oxygen atoms in total. The first-order chi connectivity index (χ1) is 9.81. The lowest BCUT2D eigenvalue weighted by atomic mass is 10.2. The fourth-order valence-corrected chi connectivity index (χ4v) is 1.99. The Balaban J connectivity index is 1.70. The minimum Gasteiger partial charge on any atom is -0.447 e. The molecule has 0 amide bonds. The maximum Gasteiger partial charge on any atom is 0.280 e. The molecule has 0 spiro atoms.